The summed E-state index contributed by atoms with van der Waals surface area (Å²) in [6.07, 6.45) is 1.55. The van der Waals surface area contributed by atoms with Gasteiger partial charge in [0.2, 0.25) is 6.79 Å². The van der Waals surface area contributed by atoms with Crippen LogP contribution in [0, 0.1) is 0 Å². The van der Waals surface area contributed by atoms with Crippen molar-refractivity contribution in [1.29, 1.82) is 0 Å². The van der Waals surface area contributed by atoms with Crippen LogP contribution in [0.25, 0.3) is 0 Å². The number of hydrogen-bond donors (Lipinski definition) is 1. The molecule has 0 radical (unpaired) electrons. The quantitative estimate of drug-likeness (QED) is 0.666. The first kappa shape index (κ1) is 13.8. The number of hydrogen-bond acceptors (Lipinski definition) is 6. The zero-order valence-corrected chi connectivity index (χ0v) is 12.6. The highest BCUT2D eigenvalue weighted by Crippen LogP contribution is 2.32. The number of ether oxygens (including phenoxy) is 2. The number of sulfonamides is 1. The van der Waals surface area contributed by atoms with Gasteiger partial charge in [-0.15, -0.1) is 4.40 Å². The van der Waals surface area contributed by atoms with Crippen LogP contribution >= 0.6 is 0 Å². The van der Waals surface area contributed by atoms with Gasteiger partial charge in [-0.25, -0.2) is 0 Å². The number of rotatable bonds is 2. The summed E-state index contributed by atoms with van der Waals surface area (Å²) in [5, 5.41) is 4.05. The number of nitrogens with zero attached hydrogens (tertiary/aromatic N) is 2. The molecule has 2 aromatic rings. The van der Waals surface area contributed by atoms with E-state index in [4.69, 9.17) is 9.47 Å². The third-order valence-electron chi connectivity index (χ3n) is 3.41. The second-order valence-electron chi connectivity index (χ2n) is 4.89. The van der Waals surface area contributed by atoms with Crippen LogP contribution in [0.2, 0.25) is 0 Å². The molecule has 23 heavy (non-hydrogen) atoms. The minimum Gasteiger partial charge on any atom is -0.454 e. The predicted molar refractivity (Wildman–Crippen MR) is 83.5 cm³/mol. The van der Waals surface area contributed by atoms with Gasteiger partial charge in [0, 0.05) is 5.56 Å². The minimum atomic E-state index is -3.64. The molecule has 2 heterocycles. The SMILES string of the molecule is O=S1(=O)N=C(NN=Cc2ccc3c(c2)OCO3)c2ccccc21. The number of fused-ring (bicyclic) bond motifs is 2. The molecular formula is C15H11N3O4S. The van der Waals surface area contributed by atoms with E-state index in [-0.39, 0.29) is 17.5 Å². The Labute approximate surface area is 132 Å². The van der Waals surface area contributed by atoms with E-state index in [1.807, 2.05) is 6.07 Å². The molecular weight excluding hydrogens is 318 g/mol. The van der Waals surface area contributed by atoms with Gasteiger partial charge in [-0.1, -0.05) is 12.1 Å². The van der Waals surface area contributed by atoms with Crippen LogP contribution in [0.1, 0.15) is 11.1 Å². The van der Waals surface area contributed by atoms with Crippen molar-refractivity contribution in [3.05, 3.63) is 53.6 Å². The van der Waals surface area contributed by atoms with Gasteiger partial charge in [0.15, 0.2) is 17.3 Å². The van der Waals surface area contributed by atoms with Crippen molar-refractivity contribution in [2.24, 2.45) is 9.50 Å². The first-order valence-corrected chi connectivity index (χ1v) is 8.21. The van der Waals surface area contributed by atoms with Crippen LogP contribution in [0.3, 0.4) is 0 Å². The second kappa shape index (κ2) is 5.10. The average molecular weight is 329 g/mol. The van der Waals surface area contributed by atoms with Crippen LogP contribution in [-0.4, -0.2) is 27.3 Å². The molecule has 8 heteroatoms. The number of nitrogens with one attached hydrogen (secondary N) is 1. The van der Waals surface area contributed by atoms with E-state index in [2.05, 4.69) is 14.9 Å². The summed E-state index contributed by atoms with van der Waals surface area (Å²) in [7, 11) is -3.64. The number of hydrazone groups is 1. The molecule has 0 bridgehead atoms. The molecule has 1 N–H and O–H groups in total. The van der Waals surface area contributed by atoms with E-state index in [1.165, 1.54) is 6.07 Å². The van der Waals surface area contributed by atoms with Gasteiger partial charge in [-0.3, -0.25) is 5.43 Å². The minimum absolute atomic E-state index is 0.181. The molecule has 4 rings (SSSR count). The summed E-state index contributed by atoms with van der Waals surface area (Å²) in [5.41, 5.74) is 3.98. The maximum atomic E-state index is 11.9. The third-order valence-corrected chi connectivity index (χ3v) is 4.75. The zero-order valence-electron chi connectivity index (χ0n) is 11.8. The van der Waals surface area contributed by atoms with Gasteiger partial charge in [-0.05, 0) is 35.9 Å². The highest BCUT2D eigenvalue weighted by atomic mass is 32.2. The van der Waals surface area contributed by atoms with E-state index >= 15 is 0 Å². The Morgan fingerprint density at radius 1 is 1.13 bits per heavy atom. The Morgan fingerprint density at radius 2 is 1.96 bits per heavy atom. The van der Waals surface area contributed by atoms with Crippen molar-refractivity contribution >= 4 is 22.1 Å². The molecule has 116 valence electrons. The molecule has 2 aromatic carbocycles. The first-order chi connectivity index (χ1) is 11.1. The summed E-state index contributed by atoms with van der Waals surface area (Å²) in [6, 6.07) is 12.0. The van der Waals surface area contributed by atoms with E-state index < -0.39 is 10.0 Å². The van der Waals surface area contributed by atoms with Crippen molar-refractivity contribution < 1.29 is 17.9 Å². The van der Waals surface area contributed by atoms with E-state index in [0.717, 1.165) is 5.56 Å². The fourth-order valence-corrected chi connectivity index (χ4v) is 3.52. The summed E-state index contributed by atoms with van der Waals surface area (Å²) < 4.78 is 38.0. The normalized spacial score (nSPS) is 17.1. The van der Waals surface area contributed by atoms with Crippen LogP contribution in [0.15, 0.2) is 56.9 Å². The van der Waals surface area contributed by atoms with E-state index in [0.29, 0.717) is 17.1 Å². The lowest BCUT2D eigenvalue weighted by Gasteiger charge is -2.00. The number of benzene rings is 2. The van der Waals surface area contributed by atoms with Crippen molar-refractivity contribution in [1.82, 2.24) is 5.43 Å². The Bertz CT molecular complexity index is 951. The van der Waals surface area contributed by atoms with Crippen LogP contribution in [0.4, 0.5) is 0 Å². The first-order valence-electron chi connectivity index (χ1n) is 6.77. The molecule has 0 atom stereocenters. The summed E-state index contributed by atoms with van der Waals surface area (Å²) in [5.74, 6) is 1.55. The van der Waals surface area contributed by atoms with E-state index in [1.54, 1.807) is 36.5 Å². The summed E-state index contributed by atoms with van der Waals surface area (Å²) >= 11 is 0. The monoisotopic (exact) mass is 329 g/mol. The molecule has 0 amide bonds. The van der Waals surface area contributed by atoms with Gasteiger partial charge in [0.1, 0.15) is 4.90 Å². The standard InChI is InChI=1S/C15H11N3O4S/c19-23(20)14-4-2-1-3-11(14)15(18-23)17-16-8-10-5-6-12-13(7-10)22-9-21-12/h1-8H,9H2,(H,17,18). The van der Waals surface area contributed by atoms with Crippen molar-refractivity contribution in [2.75, 3.05) is 6.79 Å². The lowest BCUT2D eigenvalue weighted by atomic mass is 10.2. The molecule has 0 saturated carbocycles. The Kier molecular flexibility index (Phi) is 3.05. The van der Waals surface area contributed by atoms with Crippen molar-refractivity contribution in [3.8, 4) is 11.5 Å². The lowest BCUT2D eigenvalue weighted by Crippen LogP contribution is -2.17. The molecule has 0 fully saturated rings. The highest BCUT2D eigenvalue weighted by Gasteiger charge is 2.28. The summed E-state index contributed by atoms with van der Waals surface area (Å²) in [6.45, 7) is 0.208. The Morgan fingerprint density at radius 3 is 2.87 bits per heavy atom. The molecule has 0 saturated heterocycles. The second-order valence-corrected chi connectivity index (χ2v) is 6.47. The van der Waals surface area contributed by atoms with Crippen LogP contribution in [0.5, 0.6) is 11.5 Å². The Balaban J connectivity index is 1.56. The zero-order chi connectivity index (χ0) is 15.9. The topological polar surface area (TPSA) is 89.4 Å². The molecule has 2 aliphatic heterocycles. The Hall–Kier alpha value is -2.87. The maximum Gasteiger partial charge on any atom is 0.285 e. The van der Waals surface area contributed by atoms with Crippen LogP contribution < -0.4 is 14.9 Å². The van der Waals surface area contributed by atoms with Gasteiger partial charge >= 0.3 is 0 Å². The van der Waals surface area contributed by atoms with Gasteiger partial charge < -0.3 is 9.47 Å². The maximum absolute atomic E-state index is 11.9. The molecule has 7 nitrogen and oxygen atoms in total. The highest BCUT2D eigenvalue weighted by molar-refractivity contribution is 7.90. The van der Waals surface area contributed by atoms with E-state index in [9.17, 15) is 8.42 Å². The molecule has 2 aliphatic rings. The lowest BCUT2D eigenvalue weighted by molar-refractivity contribution is 0.174. The molecule has 0 aromatic heterocycles. The smallest absolute Gasteiger partial charge is 0.285 e. The molecule has 0 unspecified atom stereocenters. The van der Waals surface area contributed by atoms with Gasteiger partial charge in [-0.2, -0.15) is 13.5 Å². The van der Waals surface area contributed by atoms with Crippen molar-refractivity contribution in [3.63, 3.8) is 0 Å². The summed E-state index contributed by atoms with van der Waals surface area (Å²) in [4.78, 5) is 0.181. The fourth-order valence-electron chi connectivity index (χ4n) is 2.35. The number of amidine groups is 1. The molecule has 0 spiro atoms. The van der Waals surface area contributed by atoms with Gasteiger partial charge in [0.05, 0.1) is 6.21 Å². The largest absolute Gasteiger partial charge is 0.454 e. The average Bonchev–Trinajstić information content (AvgIpc) is 3.10. The van der Waals surface area contributed by atoms with Gasteiger partial charge in [0.25, 0.3) is 10.0 Å². The predicted octanol–water partition coefficient (Wildman–Crippen LogP) is 1.49. The van der Waals surface area contributed by atoms with Crippen LogP contribution in [-0.2, 0) is 10.0 Å². The molecule has 0 aliphatic carbocycles. The fraction of sp³-hybridized carbons (Fsp3) is 0.0667. The van der Waals surface area contributed by atoms with Crippen molar-refractivity contribution in [2.45, 2.75) is 4.90 Å². The third kappa shape index (κ3) is 2.42.